The summed E-state index contributed by atoms with van der Waals surface area (Å²) in [6.07, 6.45) is 4.78. The average Bonchev–Trinajstić information content (AvgIpc) is 3.43. The normalized spacial score (nSPS) is 15.7. The third-order valence-corrected chi connectivity index (χ3v) is 7.33. The number of anilines is 4. The summed E-state index contributed by atoms with van der Waals surface area (Å²) in [4.78, 5) is 42.8. The molecule has 2 aliphatic rings. The molecule has 2 aromatic carbocycles. The lowest BCUT2D eigenvalue weighted by atomic mass is 9.85. The van der Waals surface area contributed by atoms with Gasteiger partial charge < -0.3 is 15.6 Å². The number of hydrogen-bond acceptors (Lipinski definition) is 4. The van der Waals surface area contributed by atoms with Gasteiger partial charge in [-0.15, -0.1) is 0 Å². The van der Waals surface area contributed by atoms with Gasteiger partial charge in [-0.05, 0) is 80.1 Å². The van der Waals surface area contributed by atoms with Crippen LogP contribution in [0.1, 0.15) is 50.8 Å². The van der Waals surface area contributed by atoms with E-state index in [1.165, 1.54) is 25.0 Å². The molecular weight excluding hydrogens is 468 g/mol. The van der Waals surface area contributed by atoms with Crippen LogP contribution >= 0.6 is 0 Å². The number of rotatable bonds is 3. The number of hydrogen-bond donors (Lipinski definition) is 4. The largest absolute Gasteiger partial charge is 0.353 e. The molecule has 0 spiro atoms. The van der Waals surface area contributed by atoms with E-state index in [-0.39, 0.29) is 17.7 Å². The van der Waals surface area contributed by atoms with E-state index in [1.807, 2.05) is 20.0 Å². The molecule has 3 heterocycles. The molecule has 9 heteroatoms. The number of aromatic nitrogens is 3. The minimum Gasteiger partial charge on any atom is -0.353 e. The van der Waals surface area contributed by atoms with Gasteiger partial charge in [0.25, 0.3) is 0 Å². The van der Waals surface area contributed by atoms with Crippen LogP contribution in [0.2, 0.25) is 0 Å². The minimum absolute atomic E-state index is 0.0779. The van der Waals surface area contributed by atoms with Crippen molar-refractivity contribution in [1.29, 1.82) is 0 Å². The highest BCUT2D eigenvalue weighted by molar-refractivity contribution is 6.15. The second-order valence-corrected chi connectivity index (χ2v) is 10.4. The molecule has 0 saturated carbocycles. The van der Waals surface area contributed by atoms with Gasteiger partial charge in [0.2, 0.25) is 17.7 Å². The molecule has 37 heavy (non-hydrogen) atoms. The van der Waals surface area contributed by atoms with Crippen LogP contribution in [-0.2, 0) is 32.6 Å². The average molecular weight is 497 g/mol. The van der Waals surface area contributed by atoms with Gasteiger partial charge in [0.15, 0.2) is 0 Å². The minimum atomic E-state index is -0.774. The van der Waals surface area contributed by atoms with E-state index in [4.69, 9.17) is 0 Å². The molecule has 1 aliphatic carbocycles. The maximum absolute atomic E-state index is 13.9. The van der Waals surface area contributed by atoms with Gasteiger partial charge in [0, 0.05) is 36.1 Å². The summed E-state index contributed by atoms with van der Waals surface area (Å²) >= 11 is 0. The van der Waals surface area contributed by atoms with Crippen molar-refractivity contribution in [3.63, 3.8) is 0 Å². The van der Waals surface area contributed by atoms with E-state index in [1.54, 1.807) is 23.1 Å². The number of carbonyl (C=O) groups is 3. The lowest BCUT2D eigenvalue weighted by molar-refractivity contribution is -0.121. The summed E-state index contributed by atoms with van der Waals surface area (Å²) in [5.41, 5.74) is 7.99. The fourth-order valence-corrected chi connectivity index (χ4v) is 5.67. The molecule has 0 unspecified atom stereocenters. The van der Waals surface area contributed by atoms with Gasteiger partial charge >= 0.3 is 0 Å². The van der Waals surface area contributed by atoms with Crippen molar-refractivity contribution in [2.45, 2.75) is 52.4 Å². The molecule has 1 aliphatic heterocycles. The molecule has 3 amide bonds. The number of carbonyl (C=O) groups excluding carboxylic acids is 3. The van der Waals surface area contributed by atoms with Crippen molar-refractivity contribution in [2.75, 3.05) is 15.5 Å². The molecule has 4 aromatic rings. The Morgan fingerprint density at radius 1 is 0.973 bits per heavy atom. The number of amides is 3. The molecule has 6 rings (SSSR count). The molecule has 4 N–H and O–H groups in total. The van der Waals surface area contributed by atoms with Crippen LogP contribution in [0.15, 0.2) is 36.5 Å². The first-order valence-electron chi connectivity index (χ1n) is 12.4. The van der Waals surface area contributed by atoms with Crippen LogP contribution in [0.3, 0.4) is 0 Å². The van der Waals surface area contributed by atoms with Crippen LogP contribution in [0.4, 0.5) is 22.7 Å². The Kier molecular flexibility index (Phi) is 5.01. The number of nitrogens with zero attached hydrogens (tertiary/aromatic N) is 2. The first-order valence-corrected chi connectivity index (χ1v) is 12.4. The van der Waals surface area contributed by atoms with E-state index >= 15 is 0 Å². The molecule has 0 bridgehead atoms. The van der Waals surface area contributed by atoms with E-state index < -0.39 is 5.41 Å². The lowest BCUT2D eigenvalue weighted by Gasteiger charge is -2.22. The zero-order valence-electron chi connectivity index (χ0n) is 21.2. The molecule has 188 valence electrons. The van der Waals surface area contributed by atoms with Gasteiger partial charge in [-0.1, -0.05) is 0 Å². The molecule has 0 fully saturated rings. The van der Waals surface area contributed by atoms with Gasteiger partial charge in [-0.25, -0.2) is 0 Å². The van der Waals surface area contributed by atoms with Crippen LogP contribution in [0.5, 0.6) is 0 Å². The standard InChI is InChI=1S/C28H28N6O3/c1-14(35)30-17-8-18(31-15(2)36)10-19(9-17)34-24-11-21-20-7-5-6-16-13-29-33-25(16)26(20)32-23(21)12-22(24)28(3,4)27(34)37/h8-13,32H,5-7H2,1-4H3,(H,29,33)(H,30,35)(H,31,36). The van der Waals surface area contributed by atoms with Gasteiger partial charge in [0.05, 0.1) is 34.4 Å². The summed E-state index contributed by atoms with van der Waals surface area (Å²) in [7, 11) is 0. The highest BCUT2D eigenvalue weighted by Crippen LogP contribution is 2.49. The first kappa shape index (κ1) is 23.0. The monoisotopic (exact) mass is 496 g/mol. The van der Waals surface area contributed by atoms with Crippen LogP contribution in [-0.4, -0.2) is 32.9 Å². The highest BCUT2D eigenvalue weighted by atomic mass is 16.2. The third kappa shape index (κ3) is 3.61. The Hall–Kier alpha value is -4.40. The zero-order chi connectivity index (χ0) is 26.1. The molecule has 0 saturated heterocycles. The van der Waals surface area contributed by atoms with E-state index in [0.717, 1.165) is 52.8 Å². The summed E-state index contributed by atoms with van der Waals surface area (Å²) < 4.78 is 0. The Morgan fingerprint density at radius 2 is 1.68 bits per heavy atom. The highest BCUT2D eigenvalue weighted by Gasteiger charge is 2.45. The van der Waals surface area contributed by atoms with E-state index in [9.17, 15) is 14.4 Å². The van der Waals surface area contributed by atoms with Crippen LogP contribution in [0.25, 0.3) is 22.3 Å². The van der Waals surface area contributed by atoms with Gasteiger partial charge in [0.1, 0.15) is 0 Å². The van der Waals surface area contributed by atoms with Gasteiger partial charge in [-0.2, -0.15) is 5.10 Å². The smallest absolute Gasteiger partial charge is 0.241 e. The summed E-state index contributed by atoms with van der Waals surface area (Å²) in [6.45, 7) is 6.69. The molecule has 9 nitrogen and oxygen atoms in total. The predicted octanol–water partition coefficient (Wildman–Crippen LogP) is 4.92. The van der Waals surface area contributed by atoms with Crippen molar-refractivity contribution in [2.24, 2.45) is 0 Å². The Morgan fingerprint density at radius 3 is 2.35 bits per heavy atom. The number of aryl methyl sites for hydroxylation is 2. The maximum atomic E-state index is 13.9. The Bertz CT molecular complexity index is 1590. The molecule has 0 radical (unpaired) electrons. The molecule has 0 atom stereocenters. The fourth-order valence-electron chi connectivity index (χ4n) is 5.67. The predicted molar refractivity (Wildman–Crippen MR) is 143 cm³/mol. The van der Waals surface area contributed by atoms with Crippen molar-refractivity contribution in [3.8, 4) is 11.4 Å². The lowest BCUT2D eigenvalue weighted by Crippen LogP contribution is -2.33. The number of benzene rings is 2. The number of H-pyrrole nitrogens is 2. The summed E-state index contributed by atoms with van der Waals surface area (Å²) in [5, 5.41) is 14.1. The number of fused-ring (bicyclic) bond motifs is 6. The fraction of sp³-hybridized carbons (Fsp3) is 0.286. The van der Waals surface area contributed by atoms with Crippen LogP contribution in [0, 0.1) is 0 Å². The van der Waals surface area contributed by atoms with Crippen molar-refractivity contribution >= 4 is 51.4 Å². The number of aromatic amines is 2. The third-order valence-electron chi connectivity index (χ3n) is 7.33. The first-order chi connectivity index (χ1) is 17.6. The summed E-state index contributed by atoms with van der Waals surface area (Å²) in [6, 6.07) is 9.37. The van der Waals surface area contributed by atoms with Crippen molar-refractivity contribution in [3.05, 3.63) is 53.2 Å². The second-order valence-electron chi connectivity index (χ2n) is 10.4. The molecular formula is C28H28N6O3. The topological polar surface area (TPSA) is 123 Å². The SMILES string of the molecule is CC(=O)Nc1cc(NC(C)=O)cc(N2C(=O)C(C)(C)c3cc4[nH]c5c(c4cc32)CCCc2cn[nH]c2-5)c1. The molecule has 2 aromatic heterocycles. The zero-order valence-corrected chi connectivity index (χ0v) is 21.2. The van der Waals surface area contributed by atoms with Crippen LogP contribution < -0.4 is 15.5 Å². The Balaban J connectivity index is 1.55. The van der Waals surface area contributed by atoms with Gasteiger partial charge in [-0.3, -0.25) is 24.4 Å². The summed E-state index contributed by atoms with van der Waals surface area (Å²) in [5.74, 6) is -0.561. The van der Waals surface area contributed by atoms with E-state index in [0.29, 0.717) is 17.1 Å². The maximum Gasteiger partial charge on any atom is 0.241 e. The van der Waals surface area contributed by atoms with Crippen molar-refractivity contribution in [1.82, 2.24) is 15.2 Å². The Labute approximate surface area is 213 Å². The quantitative estimate of drug-likeness (QED) is 0.321. The van der Waals surface area contributed by atoms with Crippen molar-refractivity contribution < 1.29 is 14.4 Å². The number of nitrogens with one attached hydrogen (secondary N) is 4. The van der Waals surface area contributed by atoms with E-state index in [2.05, 4.69) is 37.9 Å². The second kappa shape index (κ2) is 8.06.